The summed E-state index contributed by atoms with van der Waals surface area (Å²) in [5, 5.41) is 0.507. The minimum atomic E-state index is -0.166. The molecule has 1 aromatic heterocycles. The molecular weight excluding hydrogens is 430 g/mol. The third-order valence-electron chi connectivity index (χ3n) is 6.00. The number of hydrogen-bond donors (Lipinski definition) is 0. The van der Waals surface area contributed by atoms with Crippen molar-refractivity contribution in [3.05, 3.63) is 83.4 Å². The van der Waals surface area contributed by atoms with Crippen LogP contribution in [0.5, 0.6) is 23.0 Å². The maximum atomic E-state index is 13.2. The highest BCUT2D eigenvalue weighted by Crippen LogP contribution is 2.30. The van der Waals surface area contributed by atoms with Crippen molar-refractivity contribution < 1.29 is 14.2 Å². The van der Waals surface area contributed by atoms with Crippen LogP contribution >= 0.6 is 0 Å². The Morgan fingerprint density at radius 1 is 0.912 bits per heavy atom. The van der Waals surface area contributed by atoms with Gasteiger partial charge in [-0.2, -0.15) is 0 Å². The Bertz CT molecular complexity index is 1330. The molecule has 7 heteroatoms. The van der Waals surface area contributed by atoms with Crippen LogP contribution in [-0.2, 0) is 0 Å². The summed E-state index contributed by atoms with van der Waals surface area (Å²) in [7, 11) is 1.60. The second kappa shape index (κ2) is 9.97. The lowest BCUT2D eigenvalue weighted by Gasteiger charge is -2.17. The highest BCUT2D eigenvalue weighted by atomic mass is 16.5. The van der Waals surface area contributed by atoms with Gasteiger partial charge >= 0.3 is 0 Å². The van der Waals surface area contributed by atoms with Crippen LogP contribution in [-0.4, -0.2) is 47.8 Å². The van der Waals surface area contributed by atoms with E-state index >= 15 is 0 Å². The molecule has 34 heavy (non-hydrogen) atoms. The number of para-hydroxylation sites is 1. The first-order valence-electron chi connectivity index (χ1n) is 11.5. The molecule has 2 heterocycles. The van der Waals surface area contributed by atoms with Crippen LogP contribution in [0.4, 0.5) is 0 Å². The van der Waals surface area contributed by atoms with E-state index in [1.165, 1.54) is 23.7 Å². The second-order valence-corrected chi connectivity index (χ2v) is 8.25. The molecule has 0 radical (unpaired) electrons. The smallest absolute Gasteiger partial charge is 0.265 e. The number of aromatic nitrogens is 2. The highest BCUT2D eigenvalue weighted by Gasteiger charge is 2.14. The van der Waals surface area contributed by atoms with Crippen molar-refractivity contribution in [2.45, 2.75) is 12.8 Å². The first-order valence-corrected chi connectivity index (χ1v) is 11.5. The number of methoxy groups -OCH3 is 1. The molecule has 7 nitrogen and oxygen atoms in total. The lowest BCUT2D eigenvalue weighted by atomic mass is 10.2. The van der Waals surface area contributed by atoms with Gasteiger partial charge in [-0.3, -0.25) is 14.3 Å². The maximum absolute atomic E-state index is 13.2. The topological polar surface area (TPSA) is 65.8 Å². The predicted molar refractivity (Wildman–Crippen MR) is 132 cm³/mol. The van der Waals surface area contributed by atoms with E-state index in [1.54, 1.807) is 31.4 Å². The summed E-state index contributed by atoms with van der Waals surface area (Å²) in [6, 6.07) is 20.3. The van der Waals surface area contributed by atoms with E-state index in [0.717, 1.165) is 25.4 Å². The highest BCUT2D eigenvalue weighted by molar-refractivity contribution is 5.79. The molecule has 0 spiro atoms. The van der Waals surface area contributed by atoms with Gasteiger partial charge in [0.15, 0.2) is 11.5 Å². The van der Waals surface area contributed by atoms with Gasteiger partial charge in [0, 0.05) is 18.7 Å². The quantitative estimate of drug-likeness (QED) is 0.383. The van der Waals surface area contributed by atoms with E-state index in [0.29, 0.717) is 40.4 Å². The number of rotatable bonds is 8. The van der Waals surface area contributed by atoms with Gasteiger partial charge in [-0.15, -0.1) is 0 Å². The monoisotopic (exact) mass is 457 g/mol. The molecular formula is C27H27N3O4. The number of fused-ring (bicyclic) bond motifs is 1. The van der Waals surface area contributed by atoms with Gasteiger partial charge in [0.25, 0.3) is 5.56 Å². The Morgan fingerprint density at radius 3 is 2.53 bits per heavy atom. The summed E-state index contributed by atoms with van der Waals surface area (Å²) in [6.45, 7) is 3.77. The van der Waals surface area contributed by atoms with Crippen LogP contribution in [0.3, 0.4) is 0 Å². The predicted octanol–water partition coefficient (Wildman–Crippen LogP) is 4.66. The van der Waals surface area contributed by atoms with Crippen molar-refractivity contribution in [2.75, 3.05) is 33.4 Å². The fourth-order valence-electron chi connectivity index (χ4n) is 4.19. The second-order valence-electron chi connectivity index (χ2n) is 8.25. The fourth-order valence-corrected chi connectivity index (χ4v) is 4.19. The maximum Gasteiger partial charge on any atom is 0.265 e. The van der Waals surface area contributed by atoms with Gasteiger partial charge in [-0.1, -0.05) is 18.2 Å². The van der Waals surface area contributed by atoms with Crippen molar-refractivity contribution in [1.82, 2.24) is 14.5 Å². The summed E-state index contributed by atoms with van der Waals surface area (Å²) >= 11 is 0. The van der Waals surface area contributed by atoms with Crippen LogP contribution < -0.4 is 19.8 Å². The number of ether oxygens (including phenoxy) is 3. The van der Waals surface area contributed by atoms with Crippen molar-refractivity contribution >= 4 is 10.9 Å². The number of likely N-dealkylation sites (tertiary alicyclic amines) is 1. The number of benzene rings is 3. The third kappa shape index (κ3) is 4.75. The van der Waals surface area contributed by atoms with Gasteiger partial charge in [0.2, 0.25) is 0 Å². The Kier molecular flexibility index (Phi) is 6.44. The number of nitrogens with zero attached hydrogens (tertiary/aromatic N) is 3. The molecule has 0 saturated carbocycles. The van der Waals surface area contributed by atoms with Crippen molar-refractivity contribution in [3.63, 3.8) is 0 Å². The Morgan fingerprint density at radius 2 is 1.74 bits per heavy atom. The lowest BCUT2D eigenvalue weighted by Crippen LogP contribution is -2.25. The molecule has 3 aromatic carbocycles. The Balaban J connectivity index is 1.36. The average Bonchev–Trinajstić information content (AvgIpc) is 3.39. The van der Waals surface area contributed by atoms with Gasteiger partial charge < -0.3 is 14.2 Å². The fraction of sp³-hybridized carbons (Fsp3) is 0.259. The first kappa shape index (κ1) is 22.0. The van der Waals surface area contributed by atoms with E-state index < -0.39 is 0 Å². The Labute approximate surface area is 198 Å². The summed E-state index contributed by atoms with van der Waals surface area (Å²) in [5.41, 5.74) is 1.07. The van der Waals surface area contributed by atoms with Crippen molar-refractivity contribution in [2.24, 2.45) is 0 Å². The molecule has 4 aromatic rings. The summed E-state index contributed by atoms with van der Waals surface area (Å²) in [6.07, 6.45) is 4.04. The van der Waals surface area contributed by atoms with E-state index in [9.17, 15) is 4.79 Å². The normalized spacial score (nSPS) is 13.8. The molecule has 174 valence electrons. The first-order chi connectivity index (χ1) is 16.7. The van der Waals surface area contributed by atoms with Crippen molar-refractivity contribution in [3.8, 4) is 28.7 Å². The van der Waals surface area contributed by atoms with E-state index in [4.69, 9.17) is 14.2 Å². The Hall–Kier alpha value is -3.84. The summed E-state index contributed by atoms with van der Waals surface area (Å²) < 4.78 is 18.9. The van der Waals surface area contributed by atoms with E-state index in [1.807, 2.05) is 42.5 Å². The molecule has 0 bridgehead atoms. The summed E-state index contributed by atoms with van der Waals surface area (Å²) in [4.78, 5) is 20.1. The van der Waals surface area contributed by atoms with Gasteiger partial charge in [-0.25, -0.2) is 4.98 Å². The zero-order valence-electron chi connectivity index (χ0n) is 19.1. The molecule has 0 amide bonds. The van der Waals surface area contributed by atoms with E-state index in [2.05, 4.69) is 9.88 Å². The molecule has 1 fully saturated rings. The van der Waals surface area contributed by atoms with Gasteiger partial charge in [0.1, 0.15) is 24.4 Å². The lowest BCUT2D eigenvalue weighted by molar-refractivity contribution is 0.230. The van der Waals surface area contributed by atoms with Gasteiger partial charge in [-0.05, 0) is 62.3 Å². The van der Waals surface area contributed by atoms with Crippen LogP contribution in [0.15, 0.2) is 77.9 Å². The molecule has 0 aliphatic carbocycles. The van der Waals surface area contributed by atoms with Crippen LogP contribution in [0.1, 0.15) is 12.8 Å². The van der Waals surface area contributed by atoms with Crippen LogP contribution in [0.25, 0.3) is 16.6 Å². The molecule has 1 aliphatic heterocycles. The third-order valence-corrected chi connectivity index (χ3v) is 6.00. The number of hydrogen-bond acceptors (Lipinski definition) is 6. The summed E-state index contributed by atoms with van der Waals surface area (Å²) in [5.74, 6) is 2.60. The van der Waals surface area contributed by atoms with Gasteiger partial charge in [0.05, 0.1) is 23.7 Å². The minimum Gasteiger partial charge on any atom is -0.493 e. The minimum absolute atomic E-state index is 0.166. The zero-order chi connectivity index (χ0) is 23.3. The van der Waals surface area contributed by atoms with E-state index in [-0.39, 0.29) is 5.56 Å². The zero-order valence-corrected chi connectivity index (χ0v) is 19.1. The molecule has 1 saturated heterocycles. The van der Waals surface area contributed by atoms with Crippen LogP contribution in [0, 0.1) is 0 Å². The van der Waals surface area contributed by atoms with Crippen molar-refractivity contribution in [1.29, 1.82) is 0 Å². The SMILES string of the molecule is COc1cc(-n2cnc3cc(Oc4ccccc4)ccc3c2=O)ccc1OCCN1CCCC1. The largest absolute Gasteiger partial charge is 0.493 e. The molecule has 0 atom stereocenters. The molecule has 5 rings (SSSR count). The van der Waals surface area contributed by atoms with Crippen LogP contribution in [0.2, 0.25) is 0 Å². The molecule has 0 N–H and O–H groups in total. The standard InChI is InChI=1S/C27H27N3O4/c1-32-26-17-20(9-12-25(26)33-16-15-29-13-5-6-14-29)30-19-28-24-18-22(10-11-23(24)27(30)31)34-21-7-3-2-4-8-21/h2-4,7-12,17-19H,5-6,13-16H2,1H3. The average molecular weight is 458 g/mol. The molecule has 1 aliphatic rings. The molecule has 0 unspecified atom stereocenters.